The molecule has 1 unspecified atom stereocenters. The summed E-state index contributed by atoms with van der Waals surface area (Å²) >= 11 is 7.40. The summed E-state index contributed by atoms with van der Waals surface area (Å²) in [6.45, 7) is 5.05. The summed E-state index contributed by atoms with van der Waals surface area (Å²) in [5.74, 6) is 0.0287. The molecule has 2 N–H and O–H groups in total. The van der Waals surface area contributed by atoms with Gasteiger partial charge in [0.25, 0.3) is 11.6 Å². The first-order chi connectivity index (χ1) is 12.4. The van der Waals surface area contributed by atoms with E-state index in [-0.39, 0.29) is 23.8 Å². The molecule has 138 valence electrons. The number of nitro groups is 1. The van der Waals surface area contributed by atoms with Crippen molar-refractivity contribution in [1.29, 1.82) is 0 Å². The van der Waals surface area contributed by atoms with E-state index in [1.165, 1.54) is 30.6 Å². The molecule has 0 saturated carbocycles. The number of halogens is 1. The van der Waals surface area contributed by atoms with Gasteiger partial charge < -0.3 is 15.0 Å². The number of benzene rings is 1. The molecule has 9 heteroatoms. The van der Waals surface area contributed by atoms with Crippen LogP contribution in [0.4, 0.5) is 11.4 Å². The average molecular weight is 397 g/mol. The Balaban J connectivity index is 2.07. The van der Waals surface area contributed by atoms with Gasteiger partial charge in [-0.05, 0) is 30.3 Å². The number of anilines is 1. The summed E-state index contributed by atoms with van der Waals surface area (Å²) in [6.07, 6.45) is 1.73. The minimum absolute atomic E-state index is 0.137. The molecule has 0 saturated heterocycles. The minimum atomic E-state index is -0.555. The first-order valence-electron chi connectivity index (χ1n) is 7.74. The van der Waals surface area contributed by atoms with Crippen LogP contribution in [0.15, 0.2) is 43.0 Å². The molecule has 26 heavy (non-hydrogen) atoms. The van der Waals surface area contributed by atoms with Crippen molar-refractivity contribution in [3.63, 3.8) is 0 Å². The molecule has 0 fully saturated rings. The van der Waals surface area contributed by atoms with Crippen LogP contribution in [-0.4, -0.2) is 31.0 Å². The van der Waals surface area contributed by atoms with E-state index in [1.54, 1.807) is 12.1 Å². The molecule has 1 amide bonds. The number of quaternary nitrogens is 1. The Bertz CT molecular complexity index is 809. The van der Waals surface area contributed by atoms with Gasteiger partial charge in [-0.15, -0.1) is 11.3 Å². The van der Waals surface area contributed by atoms with E-state index in [4.69, 9.17) is 16.3 Å². The van der Waals surface area contributed by atoms with Crippen molar-refractivity contribution in [2.24, 2.45) is 0 Å². The molecule has 0 aliphatic carbocycles. The Morgan fingerprint density at radius 3 is 2.81 bits per heavy atom. The number of carbonyl (C=O) groups is 1. The Kier molecular flexibility index (Phi) is 7.14. The number of carbonyl (C=O) groups excluding carboxylic acids is 1. The fraction of sp³-hybridized carbons (Fsp3) is 0.235. The predicted molar refractivity (Wildman–Crippen MR) is 102 cm³/mol. The maximum absolute atomic E-state index is 12.4. The molecule has 1 aromatic heterocycles. The lowest BCUT2D eigenvalue weighted by molar-refractivity contribution is -0.899. The molecule has 1 heterocycles. The van der Waals surface area contributed by atoms with Crippen LogP contribution < -0.4 is 15.0 Å². The maximum Gasteiger partial charge on any atom is 0.296 e. The third-order valence-corrected chi connectivity index (χ3v) is 4.80. The number of amides is 1. The highest BCUT2D eigenvalue weighted by molar-refractivity contribution is 7.16. The molecule has 2 rings (SSSR count). The zero-order chi connectivity index (χ0) is 19.1. The monoisotopic (exact) mass is 396 g/mol. The van der Waals surface area contributed by atoms with Gasteiger partial charge in [-0.3, -0.25) is 14.9 Å². The van der Waals surface area contributed by atoms with Gasteiger partial charge in [0.15, 0.2) is 6.54 Å². The number of nitrogens with one attached hydrogen (secondary N) is 2. The number of nitrogens with zero attached hydrogens (tertiary/aromatic N) is 1. The van der Waals surface area contributed by atoms with Crippen LogP contribution in [0, 0.1) is 10.1 Å². The largest absolute Gasteiger partial charge is 0.496 e. The summed E-state index contributed by atoms with van der Waals surface area (Å²) in [6, 6.07) is 8.03. The molecule has 7 nitrogen and oxygen atoms in total. The lowest BCUT2D eigenvalue weighted by Crippen LogP contribution is -3.11. The van der Waals surface area contributed by atoms with Gasteiger partial charge in [-0.25, -0.2) is 0 Å². The molecule has 1 atom stereocenters. The molecular formula is C17H19ClN3O4S+. The molecule has 0 radical (unpaired) electrons. The van der Waals surface area contributed by atoms with Gasteiger partial charge in [0.2, 0.25) is 0 Å². The van der Waals surface area contributed by atoms with E-state index >= 15 is 0 Å². The van der Waals surface area contributed by atoms with Crippen molar-refractivity contribution >= 4 is 40.2 Å². The molecule has 0 aliphatic heterocycles. The minimum Gasteiger partial charge on any atom is -0.496 e. The summed E-state index contributed by atoms with van der Waals surface area (Å²) < 4.78 is 5.68. The topological polar surface area (TPSA) is 85.9 Å². The van der Waals surface area contributed by atoms with Crippen LogP contribution >= 0.6 is 22.9 Å². The quantitative estimate of drug-likeness (QED) is 0.387. The number of nitro benzene ring substituents is 1. The molecule has 0 bridgehead atoms. The molecule has 0 aliphatic rings. The van der Waals surface area contributed by atoms with Crippen LogP contribution in [0.5, 0.6) is 5.75 Å². The highest BCUT2D eigenvalue weighted by Gasteiger charge is 2.20. The number of methoxy groups -OCH3 is 1. The molecule has 0 spiro atoms. The van der Waals surface area contributed by atoms with Gasteiger partial charge in [-0.1, -0.05) is 18.2 Å². The van der Waals surface area contributed by atoms with Gasteiger partial charge in [0.1, 0.15) is 18.0 Å². The normalized spacial score (nSPS) is 11.6. The van der Waals surface area contributed by atoms with Crippen LogP contribution in [0.1, 0.15) is 4.88 Å². The highest BCUT2D eigenvalue weighted by atomic mass is 35.5. The van der Waals surface area contributed by atoms with Crippen molar-refractivity contribution in [3.05, 3.63) is 62.3 Å². The van der Waals surface area contributed by atoms with Crippen LogP contribution in [0.3, 0.4) is 0 Å². The maximum atomic E-state index is 12.4. The summed E-state index contributed by atoms with van der Waals surface area (Å²) in [4.78, 5) is 25.0. The number of thiophene rings is 1. The summed E-state index contributed by atoms with van der Waals surface area (Å²) in [5, 5.41) is 13.8. The van der Waals surface area contributed by atoms with Gasteiger partial charge >= 0.3 is 0 Å². The predicted octanol–water partition coefficient (Wildman–Crippen LogP) is 2.53. The highest BCUT2D eigenvalue weighted by Crippen LogP contribution is 2.28. The van der Waals surface area contributed by atoms with Crippen LogP contribution in [0.25, 0.3) is 0 Å². The Morgan fingerprint density at radius 1 is 1.46 bits per heavy atom. The number of hydrogen-bond donors (Lipinski definition) is 2. The van der Waals surface area contributed by atoms with Crippen molar-refractivity contribution in [3.8, 4) is 5.75 Å². The van der Waals surface area contributed by atoms with Crippen molar-refractivity contribution in [2.45, 2.75) is 6.54 Å². The van der Waals surface area contributed by atoms with Crippen molar-refractivity contribution < 1.29 is 19.4 Å². The first-order valence-corrected chi connectivity index (χ1v) is 8.93. The van der Waals surface area contributed by atoms with Crippen LogP contribution in [0.2, 0.25) is 4.34 Å². The first kappa shape index (κ1) is 19.9. The van der Waals surface area contributed by atoms with Crippen molar-refractivity contribution in [1.82, 2.24) is 0 Å². The van der Waals surface area contributed by atoms with E-state index in [0.29, 0.717) is 23.2 Å². The fourth-order valence-electron chi connectivity index (χ4n) is 2.42. The zero-order valence-corrected chi connectivity index (χ0v) is 15.7. The van der Waals surface area contributed by atoms with Gasteiger partial charge in [0.05, 0.1) is 33.9 Å². The smallest absolute Gasteiger partial charge is 0.296 e. The van der Waals surface area contributed by atoms with E-state index in [9.17, 15) is 14.9 Å². The number of ether oxygens (including phenoxy) is 1. The average Bonchev–Trinajstić information content (AvgIpc) is 3.00. The second-order valence-electron chi connectivity index (χ2n) is 5.49. The lowest BCUT2D eigenvalue weighted by atomic mass is 10.2. The third-order valence-electron chi connectivity index (χ3n) is 3.57. The second-order valence-corrected chi connectivity index (χ2v) is 7.29. The summed E-state index contributed by atoms with van der Waals surface area (Å²) in [7, 11) is 1.42. The zero-order valence-electron chi connectivity index (χ0n) is 14.2. The second kappa shape index (κ2) is 9.33. The Morgan fingerprint density at radius 2 is 2.23 bits per heavy atom. The van der Waals surface area contributed by atoms with Gasteiger partial charge in [0, 0.05) is 0 Å². The SMILES string of the molecule is C=CC[NH+](CC(=O)Nc1ccc(OC)cc1[N+](=O)[O-])Cc1ccc(Cl)s1. The lowest BCUT2D eigenvalue weighted by Gasteiger charge is -2.16. The van der Waals surface area contributed by atoms with E-state index < -0.39 is 4.92 Å². The number of hydrogen-bond acceptors (Lipinski definition) is 5. The molecule has 2 aromatic rings. The Hall–Kier alpha value is -2.42. The fourth-order valence-corrected chi connectivity index (χ4v) is 3.58. The molecular weight excluding hydrogens is 378 g/mol. The number of rotatable bonds is 9. The summed E-state index contributed by atoms with van der Waals surface area (Å²) in [5.41, 5.74) is -0.0778. The van der Waals surface area contributed by atoms with Gasteiger partial charge in [-0.2, -0.15) is 0 Å². The standard InChI is InChI=1S/C17H18ClN3O4S/c1-3-8-20(10-13-5-7-16(18)26-13)11-17(22)19-14-6-4-12(25-2)9-15(14)21(23)24/h3-7,9H,1,8,10-11H2,2H3,(H,19,22)/p+1. The van der Waals surface area contributed by atoms with E-state index in [2.05, 4.69) is 11.9 Å². The Labute approximate surface area is 160 Å². The third kappa shape index (κ3) is 5.55. The molecule has 1 aromatic carbocycles. The van der Waals surface area contributed by atoms with Crippen LogP contribution in [-0.2, 0) is 11.3 Å². The van der Waals surface area contributed by atoms with E-state index in [0.717, 1.165) is 9.78 Å². The van der Waals surface area contributed by atoms with E-state index in [1.807, 2.05) is 12.1 Å². The van der Waals surface area contributed by atoms with Crippen molar-refractivity contribution in [2.75, 3.05) is 25.5 Å².